The molecule has 1 N–H and O–H groups in total. The lowest BCUT2D eigenvalue weighted by molar-refractivity contribution is -0.137. The Hall–Kier alpha value is -3.68. The van der Waals surface area contributed by atoms with Gasteiger partial charge in [-0.15, -0.1) is 0 Å². The number of anilines is 1. The Labute approximate surface area is 182 Å². The maximum atomic E-state index is 13.2. The molecule has 0 spiro atoms. The van der Waals surface area contributed by atoms with E-state index in [0.29, 0.717) is 22.5 Å². The topological polar surface area (TPSA) is 59.3 Å². The van der Waals surface area contributed by atoms with E-state index in [1.165, 1.54) is 22.8 Å². The maximum absolute atomic E-state index is 13.2. The van der Waals surface area contributed by atoms with E-state index in [2.05, 4.69) is 36.2 Å². The summed E-state index contributed by atoms with van der Waals surface area (Å²) in [5.74, 6) is -0.146. The van der Waals surface area contributed by atoms with Crippen LogP contribution in [0.3, 0.4) is 0 Å². The molecule has 0 atom stereocenters. The van der Waals surface area contributed by atoms with Crippen LogP contribution in [0.15, 0.2) is 66.9 Å². The lowest BCUT2D eigenvalue weighted by Crippen LogP contribution is -2.15. The fourth-order valence-corrected chi connectivity index (χ4v) is 3.35. The first-order valence-electron chi connectivity index (χ1n) is 9.97. The monoisotopic (exact) mass is 438 g/mol. The first-order valence-corrected chi connectivity index (χ1v) is 9.97. The van der Waals surface area contributed by atoms with Gasteiger partial charge in [0.25, 0.3) is 5.91 Å². The summed E-state index contributed by atoms with van der Waals surface area (Å²) in [7, 11) is 0. The average molecular weight is 438 g/mol. The molecule has 32 heavy (non-hydrogen) atoms. The summed E-state index contributed by atoms with van der Waals surface area (Å²) < 4.78 is 41.0. The largest absolute Gasteiger partial charge is 0.416 e. The van der Waals surface area contributed by atoms with Crippen LogP contribution in [0.2, 0.25) is 0 Å². The van der Waals surface area contributed by atoms with Crippen LogP contribution in [0, 0.1) is 0 Å². The molecule has 0 saturated heterocycles. The molecule has 2 heterocycles. The van der Waals surface area contributed by atoms with Gasteiger partial charge in [0.05, 0.1) is 17.5 Å². The van der Waals surface area contributed by atoms with Crippen molar-refractivity contribution in [1.82, 2.24) is 14.6 Å². The van der Waals surface area contributed by atoms with Crippen LogP contribution in [0.25, 0.3) is 16.9 Å². The van der Waals surface area contributed by atoms with Crippen molar-refractivity contribution in [2.45, 2.75) is 32.4 Å². The summed E-state index contributed by atoms with van der Waals surface area (Å²) in [6, 6.07) is 15.4. The zero-order chi connectivity index (χ0) is 23.1. The fraction of sp³-hybridized carbons (Fsp3) is 0.208. The number of hydrogen-bond acceptors (Lipinski definition) is 3. The average Bonchev–Trinajstić information content (AvgIpc) is 3.21. The molecule has 0 radical (unpaired) electrons. The second-order valence-corrected chi connectivity index (χ2v) is 8.49. The summed E-state index contributed by atoms with van der Waals surface area (Å²) in [4.78, 5) is 17.1. The Kier molecular flexibility index (Phi) is 5.24. The van der Waals surface area contributed by atoms with E-state index in [4.69, 9.17) is 0 Å². The summed E-state index contributed by atoms with van der Waals surface area (Å²) in [6.45, 7) is 6.26. The molecule has 4 aromatic rings. The zero-order valence-corrected chi connectivity index (χ0v) is 17.7. The molecule has 8 heteroatoms. The highest BCUT2D eigenvalue weighted by Gasteiger charge is 2.30. The van der Waals surface area contributed by atoms with Crippen LogP contribution in [0.4, 0.5) is 19.0 Å². The van der Waals surface area contributed by atoms with Crippen LogP contribution in [0.1, 0.15) is 42.3 Å². The molecule has 0 bridgehead atoms. The predicted molar refractivity (Wildman–Crippen MR) is 117 cm³/mol. The van der Waals surface area contributed by atoms with Gasteiger partial charge >= 0.3 is 6.18 Å². The van der Waals surface area contributed by atoms with Crippen molar-refractivity contribution in [3.8, 4) is 11.3 Å². The number of nitrogens with one attached hydrogen (secondary N) is 1. The highest BCUT2D eigenvalue weighted by atomic mass is 19.4. The summed E-state index contributed by atoms with van der Waals surface area (Å²) in [5.41, 5.74) is 1.83. The van der Waals surface area contributed by atoms with Gasteiger partial charge in [-0.25, -0.2) is 9.50 Å². The third-order valence-electron chi connectivity index (χ3n) is 5.10. The first-order chi connectivity index (χ1) is 15.0. The Morgan fingerprint density at radius 1 is 0.938 bits per heavy atom. The van der Waals surface area contributed by atoms with E-state index < -0.39 is 11.7 Å². The number of carbonyl (C=O) groups excluding carboxylic acids is 1. The van der Waals surface area contributed by atoms with Gasteiger partial charge in [-0.2, -0.15) is 18.3 Å². The van der Waals surface area contributed by atoms with Gasteiger partial charge in [0.1, 0.15) is 5.82 Å². The summed E-state index contributed by atoms with van der Waals surface area (Å²) in [6.07, 6.45) is -2.97. The van der Waals surface area contributed by atoms with Crippen LogP contribution >= 0.6 is 0 Å². The summed E-state index contributed by atoms with van der Waals surface area (Å²) in [5, 5.41) is 6.90. The number of alkyl halides is 3. The zero-order valence-electron chi connectivity index (χ0n) is 17.7. The van der Waals surface area contributed by atoms with Crippen LogP contribution in [0.5, 0.6) is 0 Å². The third-order valence-corrected chi connectivity index (χ3v) is 5.10. The molecule has 2 aromatic heterocycles. The van der Waals surface area contributed by atoms with E-state index in [-0.39, 0.29) is 17.1 Å². The lowest BCUT2D eigenvalue weighted by Gasteiger charge is -2.19. The summed E-state index contributed by atoms with van der Waals surface area (Å²) >= 11 is 0. The number of benzene rings is 2. The molecular formula is C24H21F3N4O. The van der Waals surface area contributed by atoms with Crippen molar-refractivity contribution in [3.05, 3.63) is 83.6 Å². The molecule has 0 fully saturated rings. The fourth-order valence-electron chi connectivity index (χ4n) is 3.35. The third kappa shape index (κ3) is 4.34. The van der Waals surface area contributed by atoms with E-state index in [9.17, 15) is 18.0 Å². The lowest BCUT2D eigenvalue weighted by atomic mass is 9.87. The molecule has 2 aromatic carbocycles. The Bertz CT molecular complexity index is 1290. The Morgan fingerprint density at radius 2 is 1.66 bits per heavy atom. The number of hydrogen-bond donors (Lipinski definition) is 1. The molecule has 0 aliphatic heterocycles. The van der Waals surface area contributed by atoms with Crippen molar-refractivity contribution >= 4 is 17.4 Å². The molecule has 164 valence electrons. The smallest absolute Gasteiger partial charge is 0.306 e. The molecule has 4 rings (SSSR count). The van der Waals surface area contributed by atoms with E-state index >= 15 is 0 Å². The molecule has 0 aliphatic carbocycles. The number of carbonyl (C=O) groups is 1. The Morgan fingerprint density at radius 3 is 2.31 bits per heavy atom. The number of rotatable bonds is 3. The van der Waals surface area contributed by atoms with Crippen molar-refractivity contribution in [3.63, 3.8) is 0 Å². The number of aromatic nitrogens is 3. The van der Waals surface area contributed by atoms with Gasteiger partial charge in [-0.1, -0.05) is 45.0 Å². The van der Waals surface area contributed by atoms with Crippen LogP contribution < -0.4 is 5.32 Å². The van der Waals surface area contributed by atoms with Crippen molar-refractivity contribution in [2.24, 2.45) is 0 Å². The molecule has 0 saturated carbocycles. The van der Waals surface area contributed by atoms with E-state index in [1.807, 2.05) is 12.1 Å². The molecule has 1 amide bonds. The van der Waals surface area contributed by atoms with Crippen LogP contribution in [-0.2, 0) is 11.6 Å². The molecule has 5 nitrogen and oxygen atoms in total. The Balaban J connectivity index is 1.69. The predicted octanol–water partition coefficient (Wildman–Crippen LogP) is 5.96. The molecule has 0 aliphatic rings. The minimum atomic E-state index is -4.47. The van der Waals surface area contributed by atoms with Gasteiger partial charge in [-0.3, -0.25) is 4.79 Å². The standard InChI is InChI=1S/C24H21F3N4O/c1-23(2,3)17-9-7-15(8-10-17)22(32)30-20-14-19(31-21(29-20)11-12-28-31)16-5-4-6-18(13-16)24(25,26)27/h4-14H,1-3H3,(H,29,30,32). The first kappa shape index (κ1) is 21.5. The SMILES string of the molecule is CC(C)(C)c1ccc(C(=O)Nc2cc(-c3cccc(C(F)(F)F)c3)n3nccc3n2)cc1. The minimum absolute atomic E-state index is 0.0382. The second-order valence-electron chi connectivity index (χ2n) is 8.49. The van der Waals surface area contributed by atoms with Gasteiger partial charge < -0.3 is 5.32 Å². The highest BCUT2D eigenvalue weighted by Crippen LogP contribution is 2.32. The van der Waals surface area contributed by atoms with Gasteiger partial charge in [-0.05, 0) is 35.2 Å². The quantitative estimate of drug-likeness (QED) is 0.429. The van der Waals surface area contributed by atoms with Gasteiger partial charge in [0.2, 0.25) is 0 Å². The van der Waals surface area contributed by atoms with Gasteiger partial charge in [0.15, 0.2) is 5.65 Å². The molecule has 0 unspecified atom stereocenters. The maximum Gasteiger partial charge on any atom is 0.416 e. The number of halogens is 3. The highest BCUT2D eigenvalue weighted by molar-refractivity contribution is 6.04. The normalized spacial score (nSPS) is 12.2. The molecular weight excluding hydrogens is 417 g/mol. The van der Waals surface area contributed by atoms with Gasteiger partial charge in [0, 0.05) is 23.3 Å². The second kappa shape index (κ2) is 7.78. The number of fused-ring (bicyclic) bond motifs is 1. The number of nitrogens with zero attached hydrogens (tertiary/aromatic N) is 3. The minimum Gasteiger partial charge on any atom is -0.306 e. The van der Waals surface area contributed by atoms with E-state index in [0.717, 1.165) is 17.7 Å². The van der Waals surface area contributed by atoms with Crippen molar-refractivity contribution < 1.29 is 18.0 Å². The van der Waals surface area contributed by atoms with E-state index in [1.54, 1.807) is 24.3 Å². The van der Waals surface area contributed by atoms with Crippen molar-refractivity contribution in [1.29, 1.82) is 0 Å². The number of amides is 1. The van der Waals surface area contributed by atoms with Crippen LogP contribution in [-0.4, -0.2) is 20.5 Å². The van der Waals surface area contributed by atoms with Crippen molar-refractivity contribution in [2.75, 3.05) is 5.32 Å².